The van der Waals surface area contributed by atoms with Crippen molar-refractivity contribution in [1.82, 2.24) is 4.98 Å². The molecular formula is C20H12F4N2O2S. The number of hydrogen-bond donors (Lipinski definition) is 0. The number of furan rings is 1. The Morgan fingerprint density at radius 1 is 1.10 bits per heavy atom. The zero-order chi connectivity index (χ0) is 20.6. The smallest absolute Gasteiger partial charge is 0.416 e. The van der Waals surface area contributed by atoms with Crippen LogP contribution in [0.4, 0.5) is 22.7 Å². The number of alkyl halides is 3. The summed E-state index contributed by atoms with van der Waals surface area (Å²) < 4.78 is 58.5. The van der Waals surface area contributed by atoms with E-state index in [2.05, 4.69) is 4.98 Å². The number of aromatic nitrogens is 1. The van der Waals surface area contributed by atoms with Crippen LogP contribution in [0.1, 0.15) is 21.7 Å². The number of amides is 1. The normalized spacial score (nSPS) is 11.7. The highest BCUT2D eigenvalue weighted by Crippen LogP contribution is 2.33. The number of halogens is 4. The van der Waals surface area contributed by atoms with Crippen molar-refractivity contribution in [2.24, 2.45) is 0 Å². The Hall–Kier alpha value is -3.20. The van der Waals surface area contributed by atoms with Crippen LogP contribution in [0, 0.1) is 5.82 Å². The van der Waals surface area contributed by atoms with Crippen molar-refractivity contribution in [3.8, 4) is 0 Å². The summed E-state index contributed by atoms with van der Waals surface area (Å²) in [6.45, 7) is -0.0373. The number of benzene rings is 2. The minimum atomic E-state index is -4.57. The van der Waals surface area contributed by atoms with Crippen LogP contribution in [0.3, 0.4) is 0 Å². The van der Waals surface area contributed by atoms with E-state index in [0.29, 0.717) is 16.0 Å². The predicted octanol–water partition coefficient (Wildman–Crippen LogP) is 5.89. The van der Waals surface area contributed by atoms with Crippen molar-refractivity contribution >= 4 is 32.6 Å². The minimum absolute atomic E-state index is 0.0373. The molecule has 0 aliphatic carbocycles. The Bertz CT molecular complexity index is 1170. The molecule has 0 N–H and O–H groups in total. The lowest BCUT2D eigenvalue weighted by atomic mass is 10.1. The Morgan fingerprint density at radius 3 is 2.66 bits per heavy atom. The Morgan fingerprint density at radius 2 is 1.93 bits per heavy atom. The van der Waals surface area contributed by atoms with Gasteiger partial charge in [0.15, 0.2) is 5.13 Å². The lowest BCUT2D eigenvalue weighted by molar-refractivity contribution is -0.137. The van der Waals surface area contributed by atoms with Crippen LogP contribution in [0.5, 0.6) is 0 Å². The SMILES string of the molecule is O=C(c1cccc(C(F)(F)F)c1)N(Cc1ccco1)c1nc2ccc(F)cc2s1. The fourth-order valence-electron chi connectivity index (χ4n) is 2.77. The number of anilines is 1. The first kappa shape index (κ1) is 19.1. The molecule has 2 heterocycles. The van der Waals surface area contributed by atoms with Gasteiger partial charge in [-0.05, 0) is 48.5 Å². The number of carbonyl (C=O) groups is 1. The highest BCUT2D eigenvalue weighted by atomic mass is 32.1. The first-order chi connectivity index (χ1) is 13.8. The second-order valence-corrected chi connectivity index (χ2v) is 7.17. The highest BCUT2D eigenvalue weighted by Gasteiger charge is 2.32. The van der Waals surface area contributed by atoms with Crippen molar-refractivity contribution in [2.45, 2.75) is 12.7 Å². The summed E-state index contributed by atoms with van der Waals surface area (Å²) in [6.07, 6.45) is -3.15. The van der Waals surface area contributed by atoms with Crippen molar-refractivity contribution in [2.75, 3.05) is 4.90 Å². The van der Waals surface area contributed by atoms with Gasteiger partial charge in [-0.2, -0.15) is 13.2 Å². The van der Waals surface area contributed by atoms with Crippen LogP contribution in [-0.4, -0.2) is 10.9 Å². The number of hydrogen-bond acceptors (Lipinski definition) is 4. The summed E-state index contributed by atoms with van der Waals surface area (Å²) in [5, 5.41) is 0.226. The summed E-state index contributed by atoms with van der Waals surface area (Å²) in [5.74, 6) is -0.697. The van der Waals surface area contributed by atoms with Gasteiger partial charge in [-0.25, -0.2) is 9.37 Å². The van der Waals surface area contributed by atoms with Gasteiger partial charge in [0.2, 0.25) is 0 Å². The molecule has 4 aromatic rings. The van der Waals surface area contributed by atoms with Crippen LogP contribution in [0.15, 0.2) is 65.3 Å². The average Bonchev–Trinajstić information content (AvgIpc) is 3.34. The van der Waals surface area contributed by atoms with Crippen molar-refractivity contribution < 1.29 is 26.8 Å². The molecular weight excluding hydrogens is 408 g/mol. The molecule has 0 unspecified atom stereocenters. The van der Waals surface area contributed by atoms with Crippen molar-refractivity contribution in [3.05, 3.63) is 83.6 Å². The van der Waals surface area contributed by atoms with Gasteiger partial charge in [-0.1, -0.05) is 17.4 Å². The predicted molar refractivity (Wildman–Crippen MR) is 100 cm³/mol. The minimum Gasteiger partial charge on any atom is -0.467 e. The molecule has 0 aliphatic heterocycles. The van der Waals surface area contributed by atoms with Crippen molar-refractivity contribution in [1.29, 1.82) is 0 Å². The molecule has 4 nitrogen and oxygen atoms in total. The van der Waals surface area contributed by atoms with E-state index in [4.69, 9.17) is 4.42 Å². The Kier molecular flexibility index (Phi) is 4.83. The summed E-state index contributed by atoms with van der Waals surface area (Å²) in [4.78, 5) is 18.7. The lowest BCUT2D eigenvalue weighted by Crippen LogP contribution is -2.30. The molecule has 4 rings (SSSR count). The monoisotopic (exact) mass is 420 g/mol. The second kappa shape index (κ2) is 7.32. The zero-order valence-corrected chi connectivity index (χ0v) is 15.4. The number of carbonyl (C=O) groups excluding carboxylic acids is 1. The molecule has 0 aliphatic rings. The third-order valence-electron chi connectivity index (χ3n) is 4.15. The van der Waals surface area contributed by atoms with E-state index in [1.807, 2.05) is 0 Å². The maximum absolute atomic E-state index is 13.5. The maximum Gasteiger partial charge on any atom is 0.416 e. The number of fused-ring (bicyclic) bond motifs is 1. The summed E-state index contributed by atoms with van der Waals surface area (Å²) >= 11 is 1.06. The van der Waals surface area contributed by atoms with Crippen LogP contribution >= 0.6 is 11.3 Å². The van der Waals surface area contributed by atoms with E-state index < -0.39 is 23.5 Å². The molecule has 0 bridgehead atoms. The maximum atomic E-state index is 13.5. The standard InChI is InChI=1S/C20H12F4N2O2S/c21-14-6-7-16-17(10-14)29-19(25-16)26(11-15-5-2-8-28-15)18(27)12-3-1-4-13(9-12)20(22,23)24/h1-10H,11H2. The molecule has 0 fully saturated rings. The molecule has 0 atom stereocenters. The van der Waals surface area contributed by atoms with E-state index in [-0.39, 0.29) is 17.2 Å². The van der Waals surface area contributed by atoms with E-state index >= 15 is 0 Å². The molecule has 2 aromatic heterocycles. The van der Waals surface area contributed by atoms with Crippen LogP contribution in [0.25, 0.3) is 10.2 Å². The summed E-state index contributed by atoms with van der Waals surface area (Å²) in [5.41, 5.74) is -0.586. The Balaban J connectivity index is 1.76. The van der Waals surface area contributed by atoms with Gasteiger partial charge in [0.25, 0.3) is 5.91 Å². The van der Waals surface area contributed by atoms with Gasteiger partial charge in [-0.15, -0.1) is 0 Å². The summed E-state index contributed by atoms with van der Waals surface area (Å²) in [6, 6.07) is 11.5. The van der Waals surface area contributed by atoms with Crippen LogP contribution in [-0.2, 0) is 12.7 Å². The highest BCUT2D eigenvalue weighted by molar-refractivity contribution is 7.22. The fraction of sp³-hybridized carbons (Fsp3) is 0.100. The molecule has 148 valence electrons. The van der Waals surface area contributed by atoms with Crippen LogP contribution in [0.2, 0.25) is 0 Å². The molecule has 0 saturated carbocycles. The molecule has 29 heavy (non-hydrogen) atoms. The van der Waals surface area contributed by atoms with Gasteiger partial charge < -0.3 is 4.42 Å². The lowest BCUT2D eigenvalue weighted by Gasteiger charge is -2.19. The third kappa shape index (κ3) is 4.00. The van der Waals surface area contributed by atoms with E-state index in [0.717, 1.165) is 23.5 Å². The summed E-state index contributed by atoms with van der Waals surface area (Å²) in [7, 11) is 0. The zero-order valence-electron chi connectivity index (χ0n) is 14.6. The first-order valence-corrected chi connectivity index (χ1v) is 9.20. The molecule has 0 spiro atoms. The molecule has 0 radical (unpaired) electrons. The molecule has 2 aromatic carbocycles. The number of thiazole rings is 1. The van der Waals surface area contributed by atoms with E-state index in [1.54, 1.807) is 12.1 Å². The molecule has 0 saturated heterocycles. The third-order valence-corrected chi connectivity index (χ3v) is 5.19. The largest absolute Gasteiger partial charge is 0.467 e. The van der Waals surface area contributed by atoms with Crippen molar-refractivity contribution in [3.63, 3.8) is 0 Å². The number of rotatable bonds is 4. The first-order valence-electron chi connectivity index (χ1n) is 8.39. The van der Waals surface area contributed by atoms with Gasteiger partial charge in [0, 0.05) is 5.56 Å². The number of nitrogens with zero attached hydrogens (tertiary/aromatic N) is 2. The second-order valence-electron chi connectivity index (χ2n) is 6.16. The molecule has 9 heteroatoms. The van der Waals surface area contributed by atoms with E-state index in [9.17, 15) is 22.4 Å². The molecule has 1 amide bonds. The van der Waals surface area contributed by atoms with E-state index in [1.165, 1.54) is 41.5 Å². The van der Waals surface area contributed by atoms with Gasteiger partial charge in [0.1, 0.15) is 11.6 Å². The van der Waals surface area contributed by atoms with Crippen LogP contribution < -0.4 is 4.90 Å². The fourth-order valence-corrected chi connectivity index (χ4v) is 3.76. The van der Waals surface area contributed by atoms with Gasteiger partial charge in [-0.3, -0.25) is 9.69 Å². The Labute approximate surface area is 166 Å². The van der Waals surface area contributed by atoms with Gasteiger partial charge >= 0.3 is 6.18 Å². The quantitative estimate of drug-likeness (QED) is 0.387. The topological polar surface area (TPSA) is 46.3 Å². The average molecular weight is 420 g/mol. The van der Waals surface area contributed by atoms with Gasteiger partial charge in [0.05, 0.1) is 28.6 Å².